The summed E-state index contributed by atoms with van der Waals surface area (Å²) in [5, 5.41) is 11.5. The first-order valence-electron chi connectivity index (χ1n) is 7.82. The number of aromatic nitrogens is 3. The van der Waals surface area contributed by atoms with Crippen LogP contribution in [0.3, 0.4) is 0 Å². The predicted molar refractivity (Wildman–Crippen MR) is 87.7 cm³/mol. The summed E-state index contributed by atoms with van der Waals surface area (Å²) in [6.07, 6.45) is -0.590. The lowest BCUT2D eigenvalue weighted by Crippen LogP contribution is -2.31. The van der Waals surface area contributed by atoms with Crippen LogP contribution in [0.1, 0.15) is 23.1 Å². The maximum absolute atomic E-state index is 14.0. The van der Waals surface area contributed by atoms with Gasteiger partial charge in [0.15, 0.2) is 6.23 Å². The Labute approximate surface area is 147 Å². The van der Waals surface area contributed by atoms with Gasteiger partial charge in [-0.2, -0.15) is 4.98 Å². The van der Waals surface area contributed by atoms with E-state index in [0.717, 1.165) is 4.57 Å². The number of anilines is 1. The Bertz CT molecular complexity index is 841. The molecule has 1 amide bonds. The van der Waals surface area contributed by atoms with Crippen molar-refractivity contribution in [2.24, 2.45) is 0 Å². The Kier molecular flexibility index (Phi) is 5.24. The summed E-state index contributed by atoms with van der Waals surface area (Å²) in [6.45, 7) is -0.331. The number of carbonyl (C=O) groups excluding carboxylic acids is 1. The summed E-state index contributed by atoms with van der Waals surface area (Å²) in [7, 11) is 1.48. The fraction of sp³-hybridized carbons (Fsp3) is 0.375. The molecule has 0 spiro atoms. The lowest BCUT2D eigenvalue weighted by atomic mass is 10.2. The Morgan fingerprint density at radius 1 is 1.50 bits per heavy atom. The van der Waals surface area contributed by atoms with E-state index in [0.29, 0.717) is 5.75 Å². The van der Waals surface area contributed by atoms with Crippen LogP contribution in [0.15, 0.2) is 35.4 Å². The van der Waals surface area contributed by atoms with Gasteiger partial charge in [0.25, 0.3) is 5.91 Å². The van der Waals surface area contributed by atoms with Crippen molar-refractivity contribution in [1.29, 1.82) is 0 Å². The number of halogens is 1. The van der Waals surface area contributed by atoms with Gasteiger partial charge in [0.05, 0.1) is 26.0 Å². The molecule has 0 aliphatic carbocycles. The number of hydrogen-bond acceptors (Lipinski definition) is 7. The largest absolute Gasteiger partial charge is 0.495 e. The number of aliphatic hydroxyl groups is 1. The normalized spacial score (nSPS) is 22.2. The van der Waals surface area contributed by atoms with E-state index in [1.807, 2.05) is 0 Å². The SMILES string of the molecule is COc1ccc(C(=O)Nc2ccn(C3OC(CO)C[C@H]3F)c(=O)n2)nc1. The Hall–Kier alpha value is -2.85. The van der Waals surface area contributed by atoms with Gasteiger partial charge >= 0.3 is 5.69 Å². The minimum Gasteiger partial charge on any atom is -0.495 e. The van der Waals surface area contributed by atoms with Gasteiger partial charge in [0.2, 0.25) is 0 Å². The van der Waals surface area contributed by atoms with Gasteiger partial charge in [-0.25, -0.2) is 14.2 Å². The van der Waals surface area contributed by atoms with Crippen molar-refractivity contribution in [1.82, 2.24) is 14.5 Å². The molecule has 0 aromatic carbocycles. The number of methoxy groups -OCH3 is 1. The van der Waals surface area contributed by atoms with Crippen LogP contribution in [0.25, 0.3) is 0 Å². The molecule has 9 nitrogen and oxygen atoms in total. The van der Waals surface area contributed by atoms with Gasteiger partial charge < -0.3 is 19.9 Å². The highest BCUT2D eigenvalue weighted by atomic mass is 19.1. The van der Waals surface area contributed by atoms with E-state index >= 15 is 0 Å². The summed E-state index contributed by atoms with van der Waals surface area (Å²) in [5.74, 6) is -0.0556. The Morgan fingerprint density at radius 2 is 2.31 bits per heavy atom. The zero-order valence-corrected chi connectivity index (χ0v) is 13.8. The van der Waals surface area contributed by atoms with Crippen LogP contribution in [0.5, 0.6) is 5.75 Å². The van der Waals surface area contributed by atoms with Gasteiger partial charge in [0, 0.05) is 12.6 Å². The zero-order chi connectivity index (χ0) is 18.7. The molecule has 10 heteroatoms. The molecular formula is C16H17FN4O5. The van der Waals surface area contributed by atoms with E-state index in [1.165, 1.54) is 31.6 Å². The highest BCUT2D eigenvalue weighted by Gasteiger charge is 2.36. The Morgan fingerprint density at radius 3 is 2.88 bits per heavy atom. The predicted octanol–water partition coefficient (Wildman–Crippen LogP) is 0.517. The molecular weight excluding hydrogens is 347 g/mol. The summed E-state index contributed by atoms with van der Waals surface area (Å²) in [6, 6.07) is 4.39. The first kappa shape index (κ1) is 18.0. The topological polar surface area (TPSA) is 116 Å². The second kappa shape index (κ2) is 7.58. The van der Waals surface area contributed by atoms with Crippen LogP contribution < -0.4 is 15.7 Å². The molecule has 0 saturated carbocycles. The average Bonchev–Trinajstić information content (AvgIpc) is 3.02. The number of alkyl halides is 1. The monoisotopic (exact) mass is 364 g/mol. The van der Waals surface area contributed by atoms with Crippen LogP contribution in [0.2, 0.25) is 0 Å². The highest BCUT2D eigenvalue weighted by Crippen LogP contribution is 2.30. The number of rotatable bonds is 5. The quantitative estimate of drug-likeness (QED) is 0.794. The molecule has 3 heterocycles. The molecule has 26 heavy (non-hydrogen) atoms. The van der Waals surface area contributed by atoms with Crippen molar-refractivity contribution in [3.8, 4) is 5.75 Å². The van der Waals surface area contributed by atoms with E-state index in [1.54, 1.807) is 6.07 Å². The third kappa shape index (κ3) is 3.70. The molecule has 138 valence electrons. The van der Waals surface area contributed by atoms with Crippen molar-refractivity contribution in [3.63, 3.8) is 0 Å². The smallest absolute Gasteiger partial charge is 0.351 e. The van der Waals surface area contributed by atoms with E-state index in [-0.39, 0.29) is 24.5 Å². The second-order valence-electron chi connectivity index (χ2n) is 5.62. The number of pyridine rings is 1. The molecule has 2 unspecified atom stereocenters. The number of hydrogen-bond donors (Lipinski definition) is 2. The number of carbonyl (C=O) groups is 1. The first-order valence-corrected chi connectivity index (χ1v) is 7.82. The number of nitrogens with zero attached hydrogens (tertiary/aromatic N) is 3. The van der Waals surface area contributed by atoms with Crippen molar-refractivity contribution in [2.45, 2.75) is 24.9 Å². The van der Waals surface area contributed by atoms with Crippen LogP contribution in [0.4, 0.5) is 10.2 Å². The Balaban J connectivity index is 1.73. The number of ether oxygens (including phenoxy) is 2. The van der Waals surface area contributed by atoms with Crippen LogP contribution >= 0.6 is 0 Å². The van der Waals surface area contributed by atoms with Crippen molar-refractivity contribution >= 4 is 11.7 Å². The summed E-state index contributed by atoms with van der Waals surface area (Å²) < 4.78 is 25.2. The van der Waals surface area contributed by atoms with Gasteiger partial charge in [0.1, 0.15) is 23.4 Å². The molecule has 2 aromatic heterocycles. The molecule has 1 fully saturated rings. The van der Waals surface area contributed by atoms with Crippen LogP contribution in [-0.2, 0) is 4.74 Å². The van der Waals surface area contributed by atoms with Gasteiger partial charge in [-0.05, 0) is 18.2 Å². The lowest BCUT2D eigenvalue weighted by Gasteiger charge is -2.16. The molecule has 0 radical (unpaired) electrons. The van der Waals surface area contributed by atoms with Crippen LogP contribution in [-0.4, -0.2) is 51.5 Å². The minimum atomic E-state index is -1.43. The van der Waals surface area contributed by atoms with Crippen molar-refractivity contribution in [2.75, 3.05) is 19.0 Å². The third-order valence-electron chi connectivity index (χ3n) is 3.88. The van der Waals surface area contributed by atoms with Gasteiger partial charge in [-0.3, -0.25) is 9.36 Å². The standard InChI is InChI=1S/C16H17FN4O5/c1-25-9-2-3-12(18-7-9)14(23)19-13-4-5-21(16(24)20-13)15-11(17)6-10(8-22)26-15/h2-5,7,10-11,15,22H,6,8H2,1H3,(H,19,20,23,24)/t10?,11-,15?/m1/s1. The van der Waals surface area contributed by atoms with Gasteiger partial charge in [-0.15, -0.1) is 0 Å². The second-order valence-corrected chi connectivity index (χ2v) is 5.62. The van der Waals surface area contributed by atoms with E-state index < -0.39 is 30.1 Å². The van der Waals surface area contributed by atoms with Crippen molar-refractivity contribution in [3.05, 3.63) is 46.8 Å². The van der Waals surface area contributed by atoms with Crippen LogP contribution in [0, 0.1) is 0 Å². The minimum absolute atomic E-state index is 0.000909. The molecule has 2 aromatic rings. The summed E-state index contributed by atoms with van der Waals surface area (Å²) in [5.41, 5.74) is -0.665. The zero-order valence-electron chi connectivity index (χ0n) is 13.8. The maximum Gasteiger partial charge on any atom is 0.351 e. The fourth-order valence-corrected chi connectivity index (χ4v) is 2.55. The first-order chi connectivity index (χ1) is 12.5. The molecule has 1 aliphatic heterocycles. The molecule has 1 aliphatic rings. The summed E-state index contributed by atoms with van der Waals surface area (Å²) >= 11 is 0. The summed E-state index contributed by atoms with van der Waals surface area (Å²) in [4.78, 5) is 31.9. The average molecular weight is 364 g/mol. The van der Waals surface area contributed by atoms with E-state index in [9.17, 15) is 14.0 Å². The molecule has 2 N–H and O–H groups in total. The number of aliphatic hydroxyl groups excluding tert-OH is 1. The third-order valence-corrected chi connectivity index (χ3v) is 3.88. The molecule has 0 bridgehead atoms. The number of amides is 1. The van der Waals surface area contributed by atoms with Crippen molar-refractivity contribution < 1.29 is 23.8 Å². The fourth-order valence-electron chi connectivity index (χ4n) is 2.55. The van der Waals surface area contributed by atoms with E-state index in [2.05, 4.69) is 15.3 Å². The maximum atomic E-state index is 14.0. The molecule has 1 saturated heterocycles. The highest BCUT2D eigenvalue weighted by molar-refractivity contribution is 6.02. The number of nitrogens with one attached hydrogen (secondary N) is 1. The molecule has 3 rings (SSSR count). The van der Waals surface area contributed by atoms with E-state index in [4.69, 9.17) is 14.6 Å². The lowest BCUT2D eigenvalue weighted by molar-refractivity contribution is -0.0393. The van der Waals surface area contributed by atoms with Gasteiger partial charge in [-0.1, -0.05) is 0 Å². The molecule has 3 atom stereocenters.